The fourth-order valence-electron chi connectivity index (χ4n) is 1.36. The molecule has 0 bridgehead atoms. The highest BCUT2D eigenvalue weighted by atomic mass is 16.6. The number of nitrogens with one attached hydrogen (secondary N) is 1. The summed E-state index contributed by atoms with van der Waals surface area (Å²) in [6, 6.07) is 0. The molecular formula is C10H18N2O3. The molecule has 1 saturated heterocycles. The number of hydrogen-bond acceptors (Lipinski definition) is 3. The number of amides is 2. The molecule has 15 heavy (non-hydrogen) atoms. The Morgan fingerprint density at radius 2 is 2.33 bits per heavy atom. The van der Waals surface area contributed by atoms with Gasteiger partial charge in [0.25, 0.3) is 0 Å². The first-order chi connectivity index (χ1) is 7.00. The van der Waals surface area contributed by atoms with E-state index in [1.54, 1.807) is 7.05 Å². The predicted molar refractivity (Wildman–Crippen MR) is 55.4 cm³/mol. The van der Waals surface area contributed by atoms with Crippen molar-refractivity contribution in [2.75, 3.05) is 20.1 Å². The lowest BCUT2D eigenvalue weighted by molar-refractivity contribution is -0.124. The standard InChI is InChI=1S/C10H18N2O3/c1-7(2)9(13)11-5-4-8-6-12(3)10(14)15-8/h7-8H,4-6H2,1-3H3,(H,11,13). The Balaban J connectivity index is 2.17. The van der Waals surface area contributed by atoms with Crippen molar-refractivity contribution in [2.45, 2.75) is 26.4 Å². The molecule has 1 atom stereocenters. The van der Waals surface area contributed by atoms with Gasteiger partial charge in [0.15, 0.2) is 0 Å². The number of cyclic esters (lactones) is 1. The van der Waals surface area contributed by atoms with Crippen LogP contribution in [0, 0.1) is 5.92 Å². The van der Waals surface area contributed by atoms with Crippen molar-refractivity contribution in [3.63, 3.8) is 0 Å². The van der Waals surface area contributed by atoms with E-state index >= 15 is 0 Å². The van der Waals surface area contributed by atoms with Gasteiger partial charge in [-0.2, -0.15) is 0 Å². The maximum absolute atomic E-state index is 11.2. The Hall–Kier alpha value is -1.26. The second-order valence-electron chi connectivity index (χ2n) is 4.12. The molecule has 1 rings (SSSR count). The van der Waals surface area contributed by atoms with Crippen molar-refractivity contribution < 1.29 is 14.3 Å². The molecule has 0 saturated carbocycles. The van der Waals surface area contributed by atoms with Crippen molar-refractivity contribution in [2.24, 2.45) is 5.92 Å². The van der Waals surface area contributed by atoms with Crippen molar-refractivity contribution in [3.05, 3.63) is 0 Å². The van der Waals surface area contributed by atoms with Gasteiger partial charge in [-0.25, -0.2) is 4.79 Å². The minimum Gasteiger partial charge on any atom is -0.444 e. The summed E-state index contributed by atoms with van der Waals surface area (Å²) >= 11 is 0. The van der Waals surface area contributed by atoms with E-state index in [4.69, 9.17) is 4.74 Å². The second kappa shape index (κ2) is 5.00. The average molecular weight is 214 g/mol. The number of carbonyl (C=O) groups is 2. The van der Waals surface area contributed by atoms with Gasteiger partial charge in [-0.1, -0.05) is 13.8 Å². The summed E-state index contributed by atoms with van der Waals surface area (Å²) < 4.78 is 5.05. The quantitative estimate of drug-likeness (QED) is 0.745. The third kappa shape index (κ3) is 3.42. The number of hydrogen-bond donors (Lipinski definition) is 1. The molecule has 0 spiro atoms. The van der Waals surface area contributed by atoms with Crippen LogP contribution in [-0.2, 0) is 9.53 Å². The van der Waals surface area contributed by atoms with Gasteiger partial charge in [-0.3, -0.25) is 4.79 Å². The fourth-order valence-corrected chi connectivity index (χ4v) is 1.36. The first kappa shape index (κ1) is 11.8. The summed E-state index contributed by atoms with van der Waals surface area (Å²) in [6.45, 7) is 4.86. The van der Waals surface area contributed by atoms with Gasteiger partial charge in [0, 0.05) is 25.9 Å². The third-order valence-corrected chi connectivity index (χ3v) is 2.35. The number of nitrogens with zero attached hydrogens (tertiary/aromatic N) is 1. The molecule has 1 aliphatic heterocycles. The van der Waals surface area contributed by atoms with E-state index in [1.165, 1.54) is 4.90 Å². The van der Waals surface area contributed by atoms with Crippen LogP contribution in [0.15, 0.2) is 0 Å². The lowest BCUT2D eigenvalue weighted by atomic mass is 10.2. The molecule has 0 aliphatic carbocycles. The van der Waals surface area contributed by atoms with Gasteiger partial charge in [-0.05, 0) is 0 Å². The molecule has 1 N–H and O–H groups in total. The zero-order valence-corrected chi connectivity index (χ0v) is 9.45. The van der Waals surface area contributed by atoms with E-state index in [0.29, 0.717) is 19.5 Å². The first-order valence-electron chi connectivity index (χ1n) is 5.20. The minimum atomic E-state index is -0.282. The normalized spacial score (nSPS) is 20.7. The van der Waals surface area contributed by atoms with E-state index in [1.807, 2.05) is 13.8 Å². The van der Waals surface area contributed by atoms with Gasteiger partial charge in [-0.15, -0.1) is 0 Å². The Bertz CT molecular complexity index is 253. The van der Waals surface area contributed by atoms with Crippen molar-refractivity contribution in [1.29, 1.82) is 0 Å². The number of rotatable bonds is 4. The van der Waals surface area contributed by atoms with Crippen LogP contribution in [0.5, 0.6) is 0 Å². The largest absolute Gasteiger partial charge is 0.444 e. The Kier molecular flexibility index (Phi) is 3.94. The molecule has 1 heterocycles. The van der Waals surface area contributed by atoms with Gasteiger partial charge in [0.2, 0.25) is 5.91 Å². The molecule has 1 aliphatic rings. The molecule has 2 amide bonds. The SMILES string of the molecule is CC(C)C(=O)NCCC1CN(C)C(=O)O1. The van der Waals surface area contributed by atoms with E-state index < -0.39 is 0 Å². The minimum absolute atomic E-state index is 0.00111. The van der Waals surface area contributed by atoms with Gasteiger partial charge >= 0.3 is 6.09 Å². The molecule has 0 aromatic heterocycles. The second-order valence-corrected chi connectivity index (χ2v) is 4.12. The molecular weight excluding hydrogens is 196 g/mol. The molecule has 0 aromatic rings. The van der Waals surface area contributed by atoms with Gasteiger partial charge < -0.3 is 15.0 Å². The molecule has 1 unspecified atom stereocenters. The fraction of sp³-hybridized carbons (Fsp3) is 0.800. The highest BCUT2D eigenvalue weighted by Crippen LogP contribution is 2.11. The Labute approximate surface area is 89.8 Å². The smallest absolute Gasteiger partial charge is 0.409 e. The van der Waals surface area contributed by atoms with Crippen molar-refractivity contribution in [1.82, 2.24) is 10.2 Å². The zero-order valence-electron chi connectivity index (χ0n) is 9.45. The lowest BCUT2D eigenvalue weighted by Crippen LogP contribution is -2.31. The van der Waals surface area contributed by atoms with E-state index in [2.05, 4.69) is 5.32 Å². The van der Waals surface area contributed by atoms with Gasteiger partial charge in [0.1, 0.15) is 6.10 Å². The third-order valence-electron chi connectivity index (χ3n) is 2.35. The predicted octanol–water partition coefficient (Wildman–Crippen LogP) is 0.599. The highest BCUT2D eigenvalue weighted by molar-refractivity contribution is 5.77. The topological polar surface area (TPSA) is 58.6 Å². The highest BCUT2D eigenvalue weighted by Gasteiger charge is 2.27. The van der Waals surface area contributed by atoms with Crippen LogP contribution in [0.25, 0.3) is 0 Å². The molecule has 0 aromatic carbocycles. The van der Waals surface area contributed by atoms with Crippen LogP contribution in [0.3, 0.4) is 0 Å². The molecule has 86 valence electrons. The summed E-state index contributed by atoms with van der Waals surface area (Å²) in [6.07, 6.45) is 0.305. The first-order valence-corrected chi connectivity index (χ1v) is 5.20. The molecule has 0 radical (unpaired) electrons. The average Bonchev–Trinajstić information content (AvgIpc) is 2.46. The Morgan fingerprint density at radius 1 is 1.67 bits per heavy atom. The number of carbonyl (C=O) groups excluding carboxylic acids is 2. The van der Waals surface area contributed by atoms with E-state index in [-0.39, 0.29) is 24.0 Å². The summed E-state index contributed by atoms with van der Waals surface area (Å²) in [4.78, 5) is 23.8. The molecule has 5 nitrogen and oxygen atoms in total. The van der Waals surface area contributed by atoms with Crippen LogP contribution in [-0.4, -0.2) is 43.1 Å². The lowest BCUT2D eigenvalue weighted by Gasteiger charge is -2.10. The van der Waals surface area contributed by atoms with Gasteiger partial charge in [0.05, 0.1) is 6.54 Å². The molecule has 5 heteroatoms. The van der Waals surface area contributed by atoms with Crippen LogP contribution in [0.4, 0.5) is 4.79 Å². The maximum Gasteiger partial charge on any atom is 0.409 e. The van der Waals surface area contributed by atoms with E-state index in [0.717, 1.165) is 0 Å². The van der Waals surface area contributed by atoms with Crippen LogP contribution < -0.4 is 5.32 Å². The van der Waals surface area contributed by atoms with Crippen molar-refractivity contribution >= 4 is 12.0 Å². The van der Waals surface area contributed by atoms with Crippen LogP contribution in [0.1, 0.15) is 20.3 Å². The molecule has 1 fully saturated rings. The number of likely N-dealkylation sites (N-methyl/N-ethyl adjacent to an activating group) is 1. The summed E-state index contributed by atoms with van der Waals surface area (Å²) in [7, 11) is 1.70. The van der Waals surface area contributed by atoms with E-state index in [9.17, 15) is 9.59 Å². The zero-order chi connectivity index (χ0) is 11.4. The van der Waals surface area contributed by atoms with Crippen LogP contribution in [0.2, 0.25) is 0 Å². The number of ether oxygens (including phenoxy) is 1. The summed E-state index contributed by atoms with van der Waals surface area (Å²) in [5.41, 5.74) is 0. The van der Waals surface area contributed by atoms with Crippen molar-refractivity contribution in [3.8, 4) is 0 Å². The monoisotopic (exact) mass is 214 g/mol. The summed E-state index contributed by atoms with van der Waals surface area (Å²) in [5.74, 6) is 0.0338. The Morgan fingerprint density at radius 3 is 2.80 bits per heavy atom. The summed E-state index contributed by atoms with van der Waals surface area (Å²) in [5, 5.41) is 2.79. The van der Waals surface area contributed by atoms with Crippen LogP contribution >= 0.6 is 0 Å². The maximum atomic E-state index is 11.2.